The Hall–Kier alpha value is -2.18. The molecule has 0 aliphatic heterocycles. The van der Waals surface area contributed by atoms with Gasteiger partial charge in [0.1, 0.15) is 5.67 Å². The number of halogens is 1. The van der Waals surface area contributed by atoms with Gasteiger partial charge < -0.3 is 0 Å². The van der Waals surface area contributed by atoms with Crippen LogP contribution in [0.15, 0.2) is 54.6 Å². The summed E-state index contributed by atoms with van der Waals surface area (Å²) in [6.07, 6.45) is 3.55. The molecule has 27 heavy (non-hydrogen) atoms. The van der Waals surface area contributed by atoms with Crippen LogP contribution < -0.4 is 0 Å². The number of hydrogen-bond acceptors (Lipinski definition) is 2. The summed E-state index contributed by atoms with van der Waals surface area (Å²) in [4.78, 5) is 2.52. The molecule has 3 heteroatoms. The molecular formula is C24H31FN2. The molecule has 2 aromatic carbocycles. The highest BCUT2D eigenvalue weighted by Gasteiger charge is 2.44. The smallest absolute Gasteiger partial charge is 0.136 e. The van der Waals surface area contributed by atoms with E-state index in [0.29, 0.717) is 18.9 Å². The van der Waals surface area contributed by atoms with Crippen LogP contribution in [0.2, 0.25) is 0 Å². The molecule has 0 amide bonds. The van der Waals surface area contributed by atoms with Crippen LogP contribution in [0.5, 0.6) is 0 Å². The highest BCUT2D eigenvalue weighted by Crippen LogP contribution is 2.49. The van der Waals surface area contributed by atoms with Crippen LogP contribution in [0.25, 0.3) is 0 Å². The van der Waals surface area contributed by atoms with Crippen molar-refractivity contribution < 1.29 is 4.39 Å². The second-order valence-corrected chi connectivity index (χ2v) is 7.32. The van der Waals surface area contributed by atoms with Crippen LogP contribution >= 0.6 is 0 Å². The van der Waals surface area contributed by atoms with Crippen molar-refractivity contribution in [2.75, 3.05) is 6.54 Å². The minimum absolute atomic E-state index is 0.533. The zero-order valence-corrected chi connectivity index (χ0v) is 16.8. The molecule has 0 aromatic heterocycles. The first kappa shape index (κ1) is 21.1. The molecular weight excluding hydrogens is 335 g/mol. The summed E-state index contributed by atoms with van der Waals surface area (Å²) in [5.74, 6) is 0. The summed E-state index contributed by atoms with van der Waals surface area (Å²) in [6.45, 7) is 8.02. The van der Waals surface area contributed by atoms with Gasteiger partial charge in [-0.15, -0.1) is 0 Å². The molecule has 2 nitrogen and oxygen atoms in total. The van der Waals surface area contributed by atoms with Crippen molar-refractivity contribution in [3.8, 4) is 6.07 Å². The third-order valence-electron chi connectivity index (χ3n) is 5.27. The minimum atomic E-state index is -1.01. The molecule has 0 saturated heterocycles. The van der Waals surface area contributed by atoms with E-state index in [0.717, 1.165) is 31.5 Å². The Kier molecular flexibility index (Phi) is 8.00. The van der Waals surface area contributed by atoms with E-state index in [9.17, 15) is 4.39 Å². The maximum absolute atomic E-state index is 14.0. The van der Waals surface area contributed by atoms with Gasteiger partial charge in [-0.05, 0) is 55.8 Å². The highest BCUT2D eigenvalue weighted by molar-refractivity contribution is 5.31. The standard InChI is InChI=1S/C22H28FN.C2H3N/c1-3-24(17-20-7-5-4-6-8-20)18(2)9-10-19-11-13-21(14-12-19)22(23)15-16-22;1-2-3/h4-8,11-14,18H,3,9-10,15-17H2,1-2H3;1H3. The van der Waals surface area contributed by atoms with E-state index in [1.165, 1.54) is 18.1 Å². The van der Waals surface area contributed by atoms with Crippen LogP contribution in [0.3, 0.4) is 0 Å². The normalized spacial score (nSPS) is 15.4. The summed E-state index contributed by atoms with van der Waals surface area (Å²) >= 11 is 0. The van der Waals surface area contributed by atoms with Crippen LogP contribution in [0.1, 0.15) is 56.7 Å². The summed E-state index contributed by atoms with van der Waals surface area (Å²) in [6, 6.07) is 21.1. The third-order valence-corrected chi connectivity index (χ3v) is 5.27. The molecule has 1 aliphatic rings. The molecule has 0 bridgehead atoms. The zero-order chi connectivity index (χ0) is 19.7. The summed E-state index contributed by atoms with van der Waals surface area (Å²) in [7, 11) is 0. The zero-order valence-electron chi connectivity index (χ0n) is 16.8. The molecule has 0 spiro atoms. The molecule has 1 aliphatic carbocycles. The lowest BCUT2D eigenvalue weighted by molar-refractivity contribution is 0.201. The van der Waals surface area contributed by atoms with Gasteiger partial charge in [-0.2, -0.15) is 5.26 Å². The Bertz CT molecular complexity index is 714. The molecule has 1 fully saturated rings. The van der Waals surface area contributed by atoms with Gasteiger partial charge in [-0.25, -0.2) is 4.39 Å². The highest BCUT2D eigenvalue weighted by atomic mass is 19.1. The first-order valence-corrected chi connectivity index (χ1v) is 9.89. The van der Waals surface area contributed by atoms with Crippen molar-refractivity contribution in [2.24, 2.45) is 0 Å². The Morgan fingerprint density at radius 1 is 1.07 bits per heavy atom. The van der Waals surface area contributed by atoms with Crippen molar-refractivity contribution in [3.63, 3.8) is 0 Å². The second kappa shape index (κ2) is 10.2. The first-order valence-electron chi connectivity index (χ1n) is 9.89. The molecule has 0 radical (unpaired) electrons. The largest absolute Gasteiger partial charge is 0.297 e. The fraction of sp³-hybridized carbons (Fsp3) is 0.458. The number of nitrogens with zero attached hydrogens (tertiary/aromatic N) is 2. The first-order chi connectivity index (χ1) is 13.0. The van der Waals surface area contributed by atoms with E-state index in [1.54, 1.807) is 6.07 Å². The molecule has 1 atom stereocenters. The van der Waals surface area contributed by atoms with Crippen molar-refractivity contribution in [1.82, 2.24) is 4.90 Å². The van der Waals surface area contributed by atoms with E-state index in [-0.39, 0.29) is 0 Å². The molecule has 3 rings (SSSR count). The van der Waals surface area contributed by atoms with E-state index < -0.39 is 5.67 Å². The number of aryl methyl sites for hydroxylation is 1. The van der Waals surface area contributed by atoms with Gasteiger partial charge in [0.25, 0.3) is 0 Å². The lowest BCUT2D eigenvalue weighted by Crippen LogP contribution is -2.32. The van der Waals surface area contributed by atoms with Gasteiger partial charge in [0.15, 0.2) is 0 Å². The second-order valence-electron chi connectivity index (χ2n) is 7.32. The third kappa shape index (κ3) is 6.48. The van der Waals surface area contributed by atoms with Gasteiger partial charge in [-0.1, -0.05) is 61.5 Å². The quantitative estimate of drug-likeness (QED) is 0.571. The van der Waals surface area contributed by atoms with Crippen molar-refractivity contribution >= 4 is 0 Å². The van der Waals surface area contributed by atoms with Crippen molar-refractivity contribution in [3.05, 3.63) is 71.3 Å². The maximum atomic E-state index is 14.0. The lowest BCUT2D eigenvalue weighted by atomic mass is 10.0. The van der Waals surface area contributed by atoms with E-state index >= 15 is 0 Å². The predicted octanol–water partition coefficient (Wildman–Crippen LogP) is 6.02. The minimum Gasteiger partial charge on any atom is -0.297 e. The molecule has 1 saturated carbocycles. The SMILES string of the molecule is CC#N.CCN(Cc1ccccc1)C(C)CCc1ccc(C2(F)CC2)cc1. The summed E-state index contributed by atoms with van der Waals surface area (Å²) < 4.78 is 14.0. The van der Waals surface area contributed by atoms with Crippen LogP contribution in [-0.2, 0) is 18.6 Å². The maximum Gasteiger partial charge on any atom is 0.136 e. The fourth-order valence-corrected chi connectivity index (χ4v) is 3.32. The van der Waals surface area contributed by atoms with Crippen LogP contribution in [0, 0.1) is 11.3 Å². The van der Waals surface area contributed by atoms with Crippen LogP contribution in [-0.4, -0.2) is 17.5 Å². The average Bonchev–Trinajstić information content (AvgIpc) is 3.44. The topological polar surface area (TPSA) is 27.0 Å². The molecule has 1 unspecified atom stereocenters. The molecule has 0 heterocycles. The lowest BCUT2D eigenvalue weighted by Gasteiger charge is -2.28. The molecule has 2 aromatic rings. The van der Waals surface area contributed by atoms with Gasteiger partial charge >= 0.3 is 0 Å². The van der Waals surface area contributed by atoms with Gasteiger partial charge in [0.05, 0.1) is 6.07 Å². The van der Waals surface area contributed by atoms with E-state index in [4.69, 9.17) is 5.26 Å². The predicted molar refractivity (Wildman–Crippen MR) is 110 cm³/mol. The average molecular weight is 367 g/mol. The Morgan fingerprint density at radius 3 is 2.19 bits per heavy atom. The Labute approximate surface area is 163 Å². The molecule has 144 valence electrons. The van der Waals surface area contributed by atoms with Crippen molar-refractivity contribution in [1.29, 1.82) is 5.26 Å². The number of benzene rings is 2. The number of alkyl halides is 1. The Morgan fingerprint density at radius 2 is 1.67 bits per heavy atom. The monoisotopic (exact) mass is 366 g/mol. The molecule has 0 N–H and O–H groups in total. The van der Waals surface area contributed by atoms with Gasteiger partial charge in [0.2, 0.25) is 0 Å². The van der Waals surface area contributed by atoms with E-state index in [2.05, 4.69) is 61.2 Å². The van der Waals surface area contributed by atoms with Crippen LogP contribution in [0.4, 0.5) is 4.39 Å². The number of hydrogen-bond donors (Lipinski definition) is 0. The number of nitriles is 1. The number of rotatable bonds is 8. The Balaban J connectivity index is 0.000000817. The van der Waals surface area contributed by atoms with E-state index in [1.807, 2.05) is 12.1 Å². The van der Waals surface area contributed by atoms with Gasteiger partial charge in [0, 0.05) is 19.5 Å². The fourth-order valence-electron chi connectivity index (χ4n) is 3.32. The summed E-state index contributed by atoms with van der Waals surface area (Å²) in [5.41, 5.74) is 2.53. The van der Waals surface area contributed by atoms with Crippen molar-refractivity contribution in [2.45, 2.75) is 64.7 Å². The van der Waals surface area contributed by atoms with Gasteiger partial charge in [-0.3, -0.25) is 4.90 Å². The summed E-state index contributed by atoms with van der Waals surface area (Å²) in [5, 5.41) is 7.32.